The Morgan fingerprint density at radius 1 is 0.935 bits per heavy atom. The van der Waals surface area contributed by atoms with Crippen LogP contribution in [0.25, 0.3) is 16.7 Å². The highest BCUT2D eigenvalue weighted by molar-refractivity contribution is 6.51. The summed E-state index contributed by atoms with van der Waals surface area (Å²) in [6.07, 6.45) is 1.81. The van der Waals surface area contributed by atoms with Gasteiger partial charge in [-0.25, -0.2) is 0 Å². The maximum absolute atomic E-state index is 13.2. The van der Waals surface area contributed by atoms with Gasteiger partial charge in [0.25, 0.3) is 11.7 Å². The van der Waals surface area contributed by atoms with E-state index in [1.54, 1.807) is 24.3 Å². The number of aryl methyl sites for hydroxylation is 1. The summed E-state index contributed by atoms with van der Waals surface area (Å²) in [6.45, 7) is 1.94. The van der Waals surface area contributed by atoms with Gasteiger partial charge in [-0.1, -0.05) is 60.7 Å². The second-order valence-electron chi connectivity index (χ2n) is 7.66. The average molecular weight is 408 g/mol. The van der Waals surface area contributed by atoms with Crippen molar-refractivity contribution in [3.63, 3.8) is 0 Å². The molecule has 31 heavy (non-hydrogen) atoms. The molecule has 0 aliphatic carbocycles. The van der Waals surface area contributed by atoms with Crippen molar-refractivity contribution in [3.8, 4) is 0 Å². The van der Waals surface area contributed by atoms with E-state index >= 15 is 0 Å². The number of hydrogen-bond acceptors (Lipinski definition) is 3. The number of carbonyl (C=O) groups is 2. The monoisotopic (exact) mass is 408 g/mol. The lowest BCUT2D eigenvalue weighted by Crippen LogP contribution is -2.29. The minimum absolute atomic E-state index is 0.0856. The third-order valence-corrected chi connectivity index (χ3v) is 5.69. The SMILES string of the molecule is Cc1cccc(N2C(=O)C(=O)/C(=C(/O)c3ccccc3)C2c2c[nH]c3ccccc23)c1. The molecule has 1 aliphatic rings. The molecule has 1 fully saturated rings. The maximum atomic E-state index is 13.2. The van der Waals surface area contributed by atoms with Crippen LogP contribution in [-0.4, -0.2) is 21.8 Å². The molecule has 1 amide bonds. The number of H-pyrrole nitrogens is 1. The lowest BCUT2D eigenvalue weighted by Gasteiger charge is -2.25. The number of amides is 1. The van der Waals surface area contributed by atoms with E-state index in [0.717, 1.165) is 22.0 Å². The number of Topliss-reactive ketones (excluding diaryl/α,β-unsaturated/α-hetero) is 1. The number of para-hydroxylation sites is 1. The smallest absolute Gasteiger partial charge is 0.300 e. The minimum Gasteiger partial charge on any atom is -0.507 e. The van der Waals surface area contributed by atoms with E-state index in [2.05, 4.69) is 4.98 Å². The first-order chi connectivity index (χ1) is 15.1. The Kier molecular flexibility index (Phi) is 4.44. The molecule has 2 heterocycles. The van der Waals surface area contributed by atoms with Crippen molar-refractivity contribution in [2.45, 2.75) is 13.0 Å². The lowest BCUT2D eigenvalue weighted by molar-refractivity contribution is -0.132. The van der Waals surface area contributed by atoms with Gasteiger partial charge in [-0.15, -0.1) is 0 Å². The number of hydrogen-bond donors (Lipinski definition) is 2. The second-order valence-corrected chi connectivity index (χ2v) is 7.66. The number of fused-ring (bicyclic) bond motifs is 1. The first-order valence-corrected chi connectivity index (χ1v) is 10.1. The Bertz CT molecular complexity index is 1350. The standard InChI is InChI=1S/C26H20N2O3/c1-16-8-7-11-18(14-16)28-23(20-15-27-21-13-6-5-12-19(20)21)22(25(30)26(28)31)24(29)17-9-3-2-4-10-17/h2-15,23,27,29H,1H3/b24-22+. The molecule has 1 atom stereocenters. The van der Waals surface area contributed by atoms with Gasteiger partial charge in [-0.05, 0) is 30.7 Å². The Morgan fingerprint density at radius 3 is 2.45 bits per heavy atom. The summed E-state index contributed by atoms with van der Waals surface area (Å²) in [5.41, 5.74) is 3.82. The van der Waals surface area contributed by atoms with Crippen LogP contribution >= 0.6 is 0 Å². The molecule has 1 aliphatic heterocycles. The van der Waals surface area contributed by atoms with Gasteiger partial charge >= 0.3 is 0 Å². The highest BCUT2D eigenvalue weighted by atomic mass is 16.3. The van der Waals surface area contributed by atoms with Gasteiger partial charge in [0.05, 0.1) is 11.6 Å². The Labute approximate surface area is 179 Å². The summed E-state index contributed by atoms with van der Waals surface area (Å²) in [6, 6.07) is 23.3. The van der Waals surface area contributed by atoms with Crippen LogP contribution in [0.5, 0.6) is 0 Å². The van der Waals surface area contributed by atoms with E-state index in [0.29, 0.717) is 11.3 Å². The first-order valence-electron chi connectivity index (χ1n) is 10.1. The fraction of sp³-hybridized carbons (Fsp3) is 0.0769. The zero-order valence-corrected chi connectivity index (χ0v) is 16.9. The summed E-state index contributed by atoms with van der Waals surface area (Å²) in [4.78, 5) is 31.1. The van der Waals surface area contributed by atoms with Crippen LogP contribution in [-0.2, 0) is 9.59 Å². The molecule has 1 aromatic heterocycles. The van der Waals surface area contributed by atoms with E-state index in [-0.39, 0.29) is 11.3 Å². The summed E-state index contributed by atoms with van der Waals surface area (Å²) >= 11 is 0. The van der Waals surface area contributed by atoms with Crippen LogP contribution in [0.15, 0.2) is 90.6 Å². The normalized spacial score (nSPS) is 18.1. The highest BCUT2D eigenvalue weighted by Crippen LogP contribution is 2.44. The van der Waals surface area contributed by atoms with Crippen molar-refractivity contribution in [2.24, 2.45) is 0 Å². The van der Waals surface area contributed by atoms with Crippen molar-refractivity contribution in [1.29, 1.82) is 0 Å². The summed E-state index contributed by atoms with van der Waals surface area (Å²) in [7, 11) is 0. The Balaban J connectivity index is 1.80. The molecule has 0 radical (unpaired) electrons. The molecule has 152 valence electrons. The largest absolute Gasteiger partial charge is 0.507 e. The molecule has 2 N–H and O–H groups in total. The minimum atomic E-state index is -0.752. The number of carbonyl (C=O) groups excluding carboxylic acids is 2. The number of rotatable bonds is 3. The van der Waals surface area contributed by atoms with Gasteiger partial charge in [0.2, 0.25) is 0 Å². The fourth-order valence-corrected chi connectivity index (χ4v) is 4.24. The van der Waals surface area contributed by atoms with Crippen LogP contribution in [0, 0.1) is 6.92 Å². The molecule has 0 spiro atoms. The van der Waals surface area contributed by atoms with Gasteiger partial charge in [0.1, 0.15) is 5.76 Å². The topological polar surface area (TPSA) is 73.4 Å². The van der Waals surface area contributed by atoms with Crippen molar-refractivity contribution in [1.82, 2.24) is 4.98 Å². The fourth-order valence-electron chi connectivity index (χ4n) is 4.24. The molecule has 4 aromatic rings. The molecular weight excluding hydrogens is 388 g/mol. The number of nitrogens with zero attached hydrogens (tertiary/aromatic N) is 1. The van der Waals surface area contributed by atoms with E-state index < -0.39 is 17.7 Å². The van der Waals surface area contributed by atoms with Crippen LogP contribution < -0.4 is 4.90 Å². The number of aromatic amines is 1. The molecule has 0 saturated carbocycles. The predicted molar refractivity (Wildman–Crippen MR) is 121 cm³/mol. The predicted octanol–water partition coefficient (Wildman–Crippen LogP) is 5.10. The van der Waals surface area contributed by atoms with Gasteiger partial charge in [-0.2, -0.15) is 0 Å². The number of benzene rings is 3. The molecular formula is C26H20N2O3. The van der Waals surface area contributed by atoms with Crippen LogP contribution in [0.4, 0.5) is 5.69 Å². The van der Waals surface area contributed by atoms with E-state index in [4.69, 9.17) is 0 Å². The summed E-state index contributed by atoms with van der Waals surface area (Å²) in [5, 5.41) is 12.0. The zero-order valence-electron chi connectivity index (χ0n) is 16.9. The molecule has 1 saturated heterocycles. The second kappa shape index (κ2) is 7.29. The maximum Gasteiger partial charge on any atom is 0.300 e. The van der Waals surface area contributed by atoms with Crippen molar-refractivity contribution >= 4 is 34.0 Å². The number of ketones is 1. The summed E-state index contributed by atoms with van der Waals surface area (Å²) in [5.74, 6) is -1.53. The summed E-state index contributed by atoms with van der Waals surface area (Å²) < 4.78 is 0. The molecule has 1 unspecified atom stereocenters. The van der Waals surface area contributed by atoms with Gasteiger partial charge < -0.3 is 10.1 Å². The van der Waals surface area contributed by atoms with Crippen LogP contribution in [0.2, 0.25) is 0 Å². The average Bonchev–Trinajstić information content (AvgIpc) is 3.33. The van der Waals surface area contributed by atoms with Crippen LogP contribution in [0.1, 0.15) is 22.7 Å². The van der Waals surface area contributed by atoms with Crippen molar-refractivity contribution in [2.75, 3.05) is 4.90 Å². The zero-order chi connectivity index (χ0) is 21.5. The third kappa shape index (κ3) is 3.02. The lowest BCUT2D eigenvalue weighted by atomic mass is 9.94. The molecule has 5 rings (SSSR count). The number of nitrogens with one attached hydrogen (secondary N) is 1. The van der Waals surface area contributed by atoms with Gasteiger partial charge in [0, 0.05) is 33.9 Å². The first kappa shape index (κ1) is 18.9. The van der Waals surface area contributed by atoms with Crippen LogP contribution in [0.3, 0.4) is 0 Å². The third-order valence-electron chi connectivity index (χ3n) is 5.69. The Hall–Kier alpha value is -4.12. The van der Waals surface area contributed by atoms with E-state index in [9.17, 15) is 14.7 Å². The number of aromatic nitrogens is 1. The molecule has 0 bridgehead atoms. The van der Waals surface area contributed by atoms with Crippen molar-refractivity contribution < 1.29 is 14.7 Å². The number of aliphatic hydroxyl groups excluding tert-OH is 1. The van der Waals surface area contributed by atoms with E-state index in [1.165, 1.54) is 4.90 Å². The van der Waals surface area contributed by atoms with Gasteiger partial charge in [0.15, 0.2) is 0 Å². The molecule has 3 aromatic carbocycles. The molecule has 5 heteroatoms. The number of aliphatic hydroxyl groups is 1. The quantitative estimate of drug-likeness (QED) is 0.281. The highest BCUT2D eigenvalue weighted by Gasteiger charge is 2.47. The van der Waals surface area contributed by atoms with Gasteiger partial charge in [-0.3, -0.25) is 14.5 Å². The molecule has 5 nitrogen and oxygen atoms in total. The number of anilines is 1. The van der Waals surface area contributed by atoms with Crippen molar-refractivity contribution in [3.05, 3.63) is 107 Å². The Morgan fingerprint density at radius 2 is 1.68 bits per heavy atom. The van der Waals surface area contributed by atoms with E-state index in [1.807, 2.05) is 67.7 Å².